The number of hydrogen-bond donors (Lipinski definition) is 0. The zero-order valence-corrected chi connectivity index (χ0v) is 18.8. The lowest BCUT2D eigenvalue weighted by Crippen LogP contribution is -2.32. The lowest BCUT2D eigenvalue weighted by Gasteiger charge is -2.20. The maximum atomic E-state index is 13.1. The molecule has 0 bridgehead atoms. The molecule has 0 N–H and O–H groups in total. The van der Waals surface area contributed by atoms with Crippen molar-refractivity contribution >= 4 is 11.7 Å². The van der Waals surface area contributed by atoms with Gasteiger partial charge in [0, 0.05) is 41.5 Å². The van der Waals surface area contributed by atoms with E-state index in [4.69, 9.17) is 4.74 Å². The second-order valence-electron chi connectivity index (χ2n) is 8.65. The first kappa shape index (κ1) is 23.5. The summed E-state index contributed by atoms with van der Waals surface area (Å²) in [6.45, 7) is 5.94. The van der Waals surface area contributed by atoms with Crippen molar-refractivity contribution < 1.29 is 27.5 Å². The van der Waals surface area contributed by atoms with Crippen molar-refractivity contribution in [3.8, 4) is 16.9 Å². The molecule has 0 fully saturated rings. The van der Waals surface area contributed by atoms with Crippen LogP contribution in [-0.4, -0.2) is 45.7 Å². The number of carbonyl (C=O) groups excluding carboxylic acids is 2. The molecular formula is C25H24F3N3O3. The average molecular weight is 471 g/mol. The number of rotatable bonds is 5. The van der Waals surface area contributed by atoms with Gasteiger partial charge in [0.2, 0.25) is 0 Å². The summed E-state index contributed by atoms with van der Waals surface area (Å²) in [6.07, 6.45) is -1.18. The Labute approximate surface area is 194 Å². The maximum Gasteiger partial charge on any atom is 0.454 e. The van der Waals surface area contributed by atoms with E-state index in [1.54, 1.807) is 11.1 Å². The normalized spacial score (nSPS) is 13.9. The zero-order valence-electron chi connectivity index (χ0n) is 18.8. The van der Waals surface area contributed by atoms with E-state index in [9.17, 15) is 22.8 Å². The number of alkyl halides is 3. The molecule has 3 aromatic rings. The van der Waals surface area contributed by atoms with E-state index in [1.165, 1.54) is 12.1 Å². The van der Waals surface area contributed by atoms with Gasteiger partial charge in [-0.1, -0.05) is 32.0 Å². The van der Waals surface area contributed by atoms with E-state index in [2.05, 4.69) is 18.9 Å². The maximum absolute atomic E-state index is 13.1. The first-order chi connectivity index (χ1) is 16.1. The molecule has 178 valence electrons. The third-order valence-electron chi connectivity index (χ3n) is 5.50. The molecule has 0 saturated heterocycles. The third kappa shape index (κ3) is 5.13. The molecule has 9 heteroatoms. The van der Waals surface area contributed by atoms with Gasteiger partial charge in [-0.3, -0.25) is 14.3 Å². The van der Waals surface area contributed by atoms with Gasteiger partial charge in [0.05, 0.1) is 12.7 Å². The summed E-state index contributed by atoms with van der Waals surface area (Å²) in [6, 6.07) is 10.3. The predicted molar refractivity (Wildman–Crippen MR) is 120 cm³/mol. The van der Waals surface area contributed by atoms with Crippen LogP contribution in [0.15, 0.2) is 54.9 Å². The fraction of sp³-hybridized carbons (Fsp3) is 0.320. The Morgan fingerprint density at radius 1 is 1.06 bits per heavy atom. The summed E-state index contributed by atoms with van der Waals surface area (Å²) in [4.78, 5) is 26.0. The van der Waals surface area contributed by atoms with E-state index in [-0.39, 0.29) is 24.6 Å². The molecule has 1 aliphatic rings. The van der Waals surface area contributed by atoms with Crippen LogP contribution in [0, 0.1) is 5.92 Å². The predicted octanol–water partition coefficient (Wildman–Crippen LogP) is 4.99. The van der Waals surface area contributed by atoms with E-state index in [1.807, 2.05) is 29.1 Å². The van der Waals surface area contributed by atoms with E-state index >= 15 is 0 Å². The Balaban J connectivity index is 1.53. The number of nitrogens with zero attached hydrogens (tertiary/aromatic N) is 3. The number of Topliss-reactive ketones (excluding diaryl/α,β-unsaturated/α-hetero) is 1. The number of fused-ring (bicyclic) bond motifs is 1. The third-order valence-corrected chi connectivity index (χ3v) is 5.50. The number of halogens is 3. The summed E-state index contributed by atoms with van der Waals surface area (Å²) in [5.41, 5.74) is 2.42. The van der Waals surface area contributed by atoms with Crippen molar-refractivity contribution in [2.24, 2.45) is 5.92 Å². The molecule has 4 rings (SSSR count). The minimum Gasteiger partial charge on any atom is -0.491 e. The van der Waals surface area contributed by atoms with Crippen LogP contribution in [-0.2, 0) is 13.1 Å². The fourth-order valence-corrected chi connectivity index (χ4v) is 3.84. The lowest BCUT2D eigenvalue weighted by molar-refractivity contribution is -0.0885. The van der Waals surface area contributed by atoms with Gasteiger partial charge in [-0.05, 0) is 35.7 Å². The number of aromatic nitrogens is 2. The van der Waals surface area contributed by atoms with Crippen molar-refractivity contribution in [3.05, 3.63) is 71.5 Å². The average Bonchev–Trinajstić information content (AvgIpc) is 3.14. The van der Waals surface area contributed by atoms with Crippen molar-refractivity contribution in [3.63, 3.8) is 0 Å². The molecule has 0 radical (unpaired) electrons. The monoisotopic (exact) mass is 471 g/mol. The van der Waals surface area contributed by atoms with Crippen molar-refractivity contribution in [2.45, 2.75) is 33.1 Å². The summed E-state index contributed by atoms with van der Waals surface area (Å²) in [5, 5.41) is 4.41. The largest absolute Gasteiger partial charge is 0.491 e. The van der Waals surface area contributed by atoms with E-state index in [0.29, 0.717) is 18.2 Å². The van der Waals surface area contributed by atoms with Crippen LogP contribution in [0.1, 0.15) is 40.1 Å². The smallest absolute Gasteiger partial charge is 0.454 e. The topological polar surface area (TPSA) is 64.4 Å². The number of hydrogen-bond acceptors (Lipinski definition) is 4. The van der Waals surface area contributed by atoms with Gasteiger partial charge in [0.1, 0.15) is 12.4 Å². The highest BCUT2D eigenvalue weighted by Gasteiger charge is 2.39. The van der Waals surface area contributed by atoms with Crippen molar-refractivity contribution in [1.82, 2.24) is 14.7 Å². The number of carbonyl (C=O) groups is 2. The molecular weight excluding hydrogens is 447 g/mol. The standard InChI is InChI=1S/C25H24F3N3O3/c1-16(2)13-31-15-21(12-29-31)19-7-8-22-20(11-19)14-30(9-10-34-22)24(33)18-5-3-17(4-6-18)23(32)25(26,27)28/h3-8,11-12,15-16H,9-10,13-14H2,1-2H3. The highest BCUT2D eigenvalue weighted by atomic mass is 19.4. The Hall–Kier alpha value is -3.62. The second kappa shape index (κ2) is 9.32. The number of ether oxygens (including phenoxy) is 1. The van der Waals surface area contributed by atoms with E-state index < -0.39 is 17.5 Å². The van der Waals surface area contributed by atoms with Gasteiger partial charge in [-0.25, -0.2) is 0 Å². The summed E-state index contributed by atoms with van der Waals surface area (Å²) < 4.78 is 45.6. The molecule has 0 saturated carbocycles. The first-order valence-corrected chi connectivity index (χ1v) is 10.9. The van der Waals surface area contributed by atoms with Crippen LogP contribution in [0.25, 0.3) is 11.1 Å². The Bertz CT molecular complexity index is 1200. The molecule has 2 heterocycles. The van der Waals surface area contributed by atoms with Gasteiger partial charge < -0.3 is 9.64 Å². The molecule has 1 aliphatic heterocycles. The fourth-order valence-electron chi connectivity index (χ4n) is 3.84. The van der Waals surface area contributed by atoms with Crippen LogP contribution in [0.4, 0.5) is 13.2 Å². The SMILES string of the molecule is CC(C)Cn1cc(-c2ccc3c(c2)CN(C(=O)c2ccc(C(=O)C(F)(F)F)cc2)CCO3)cn1. The molecule has 34 heavy (non-hydrogen) atoms. The minimum absolute atomic E-state index is 0.202. The summed E-state index contributed by atoms with van der Waals surface area (Å²) >= 11 is 0. The number of benzene rings is 2. The molecule has 0 aliphatic carbocycles. The highest BCUT2D eigenvalue weighted by molar-refractivity contribution is 6.01. The Kier molecular flexibility index (Phi) is 6.45. The first-order valence-electron chi connectivity index (χ1n) is 10.9. The zero-order chi connectivity index (χ0) is 24.5. The molecule has 0 unspecified atom stereocenters. The van der Waals surface area contributed by atoms with Crippen LogP contribution in [0.2, 0.25) is 0 Å². The molecule has 2 aromatic carbocycles. The Morgan fingerprint density at radius 3 is 2.44 bits per heavy atom. The van der Waals surface area contributed by atoms with Crippen LogP contribution >= 0.6 is 0 Å². The molecule has 0 spiro atoms. The summed E-state index contributed by atoms with van der Waals surface area (Å²) in [7, 11) is 0. The van der Waals surface area contributed by atoms with Crippen LogP contribution in [0.3, 0.4) is 0 Å². The van der Waals surface area contributed by atoms with E-state index in [0.717, 1.165) is 35.4 Å². The molecule has 1 amide bonds. The highest BCUT2D eigenvalue weighted by Crippen LogP contribution is 2.30. The second-order valence-corrected chi connectivity index (χ2v) is 8.65. The van der Waals surface area contributed by atoms with Crippen molar-refractivity contribution in [1.29, 1.82) is 0 Å². The lowest BCUT2D eigenvalue weighted by atomic mass is 10.0. The van der Waals surface area contributed by atoms with Gasteiger partial charge in [-0.15, -0.1) is 0 Å². The number of ketones is 1. The molecule has 0 atom stereocenters. The summed E-state index contributed by atoms with van der Waals surface area (Å²) in [5.74, 6) is -1.14. The number of amides is 1. The van der Waals surface area contributed by atoms with Gasteiger partial charge in [-0.2, -0.15) is 18.3 Å². The minimum atomic E-state index is -4.96. The molecule has 1 aromatic heterocycles. The van der Waals surface area contributed by atoms with Crippen LogP contribution < -0.4 is 4.74 Å². The van der Waals surface area contributed by atoms with Gasteiger partial charge in [0.25, 0.3) is 11.7 Å². The van der Waals surface area contributed by atoms with Gasteiger partial charge in [0.15, 0.2) is 0 Å². The Morgan fingerprint density at radius 2 is 1.76 bits per heavy atom. The van der Waals surface area contributed by atoms with Crippen molar-refractivity contribution in [2.75, 3.05) is 13.2 Å². The molecule has 6 nitrogen and oxygen atoms in total. The van der Waals surface area contributed by atoms with Gasteiger partial charge >= 0.3 is 6.18 Å². The quantitative estimate of drug-likeness (QED) is 0.492. The van der Waals surface area contributed by atoms with Crippen LogP contribution in [0.5, 0.6) is 5.75 Å².